The molecule has 0 spiro atoms. The molecule has 0 radical (unpaired) electrons. The van der Waals surface area contributed by atoms with E-state index < -0.39 is 0 Å². The molecule has 1 saturated heterocycles. The SMILES string of the molecule is Cc1cc(C)c(CN(C)CC2(CN)COC2)cc1C. The normalized spacial score (nSPS) is 17.6. The Balaban J connectivity index is 2.02. The molecule has 1 aliphatic rings. The fourth-order valence-electron chi connectivity index (χ4n) is 2.77. The van der Waals surface area contributed by atoms with Gasteiger partial charge in [-0.15, -0.1) is 0 Å². The number of hydrogen-bond donors (Lipinski definition) is 1. The summed E-state index contributed by atoms with van der Waals surface area (Å²) in [5, 5.41) is 0. The maximum absolute atomic E-state index is 5.88. The summed E-state index contributed by atoms with van der Waals surface area (Å²) >= 11 is 0. The van der Waals surface area contributed by atoms with Crippen LogP contribution in [0.4, 0.5) is 0 Å². The molecule has 106 valence electrons. The maximum atomic E-state index is 5.88. The monoisotopic (exact) mass is 262 g/mol. The van der Waals surface area contributed by atoms with Crippen molar-refractivity contribution in [2.45, 2.75) is 27.3 Å². The molecule has 3 nitrogen and oxygen atoms in total. The van der Waals surface area contributed by atoms with Gasteiger partial charge in [-0.3, -0.25) is 0 Å². The molecular formula is C16H26N2O. The minimum Gasteiger partial charge on any atom is -0.380 e. The largest absolute Gasteiger partial charge is 0.380 e. The van der Waals surface area contributed by atoms with Crippen molar-refractivity contribution in [3.8, 4) is 0 Å². The lowest BCUT2D eigenvalue weighted by Crippen LogP contribution is -2.54. The van der Waals surface area contributed by atoms with Crippen molar-refractivity contribution < 1.29 is 4.74 Å². The summed E-state index contributed by atoms with van der Waals surface area (Å²) in [4.78, 5) is 2.37. The van der Waals surface area contributed by atoms with E-state index in [2.05, 4.69) is 44.9 Å². The fraction of sp³-hybridized carbons (Fsp3) is 0.625. The van der Waals surface area contributed by atoms with Crippen molar-refractivity contribution >= 4 is 0 Å². The van der Waals surface area contributed by atoms with Gasteiger partial charge in [0.15, 0.2) is 0 Å². The topological polar surface area (TPSA) is 38.5 Å². The molecule has 2 N–H and O–H groups in total. The van der Waals surface area contributed by atoms with Crippen molar-refractivity contribution in [1.29, 1.82) is 0 Å². The van der Waals surface area contributed by atoms with Gasteiger partial charge in [0.05, 0.1) is 13.2 Å². The quantitative estimate of drug-likeness (QED) is 0.882. The summed E-state index contributed by atoms with van der Waals surface area (Å²) in [6.45, 7) is 10.9. The Morgan fingerprint density at radius 2 is 1.79 bits per heavy atom. The van der Waals surface area contributed by atoms with E-state index in [0.717, 1.165) is 26.3 Å². The van der Waals surface area contributed by atoms with Crippen LogP contribution in [0.5, 0.6) is 0 Å². The van der Waals surface area contributed by atoms with Crippen LogP contribution in [0.2, 0.25) is 0 Å². The van der Waals surface area contributed by atoms with Crippen LogP contribution in [-0.2, 0) is 11.3 Å². The van der Waals surface area contributed by atoms with Crippen LogP contribution in [0.3, 0.4) is 0 Å². The van der Waals surface area contributed by atoms with Crippen molar-refractivity contribution in [1.82, 2.24) is 4.90 Å². The van der Waals surface area contributed by atoms with Gasteiger partial charge < -0.3 is 15.4 Å². The van der Waals surface area contributed by atoms with Gasteiger partial charge in [0, 0.05) is 25.0 Å². The smallest absolute Gasteiger partial charge is 0.0569 e. The van der Waals surface area contributed by atoms with E-state index in [1.807, 2.05) is 0 Å². The second kappa shape index (κ2) is 5.61. The molecule has 0 aliphatic carbocycles. The van der Waals surface area contributed by atoms with Crippen LogP contribution in [0.15, 0.2) is 12.1 Å². The van der Waals surface area contributed by atoms with E-state index in [1.54, 1.807) is 0 Å². The average molecular weight is 262 g/mol. The molecule has 1 aromatic carbocycles. The number of rotatable bonds is 5. The van der Waals surface area contributed by atoms with Gasteiger partial charge in [-0.1, -0.05) is 12.1 Å². The first-order chi connectivity index (χ1) is 8.96. The van der Waals surface area contributed by atoms with Gasteiger partial charge in [-0.05, 0) is 50.1 Å². The first-order valence-electron chi connectivity index (χ1n) is 6.99. The van der Waals surface area contributed by atoms with E-state index in [0.29, 0.717) is 6.54 Å². The van der Waals surface area contributed by atoms with Gasteiger partial charge in [-0.25, -0.2) is 0 Å². The van der Waals surface area contributed by atoms with E-state index >= 15 is 0 Å². The van der Waals surface area contributed by atoms with Crippen molar-refractivity contribution in [3.63, 3.8) is 0 Å². The second-order valence-electron chi connectivity index (χ2n) is 6.23. The predicted octanol–water partition coefficient (Wildman–Crippen LogP) is 2.02. The Morgan fingerprint density at radius 1 is 1.16 bits per heavy atom. The zero-order chi connectivity index (χ0) is 14.0. The molecule has 0 bridgehead atoms. The number of ether oxygens (including phenoxy) is 1. The first kappa shape index (κ1) is 14.5. The maximum Gasteiger partial charge on any atom is 0.0569 e. The Morgan fingerprint density at radius 3 is 2.32 bits per heavy atom. The lowest BCUT2D eigenvalue weighted by molar-refractivity contribution is -0.118. The lowest BCUT2D eigenvalue weighted by Gasteiger charge is -2.43. The van der Waals surface area contributed by atoms with Crippen LogP contribution in [0, 0.1) is 26.2 Å². The van der Waals surface area contributed by atoms with Crippen molar-refractivity contribution in [3.05, 3.63) is 34.4 Å². The van der Waals surface area contributed by atoms with E-state index in [1.165, 1.54) is 22.3 Å². The number of nitrogens with zero attached hydrogens (tertiary/aromatic N) is 1. The molecule has 2 rings (SSSR count). The molecule has 0 atom stereocenters. The highest BCUT2D eigenvalue weighted by Crippen LogP contribution is 2.27. The van der Waals surface area contributed by atoms with Gasteiger partial charge >= 0.3 is 0 Å². The molecule has 1 aromatic rings. The summed E-state index contributed by atoms with van der Waals surface area (Å²) in [7, 11) is 2.17. The number of nitrogens with two attached hydrogens (primary N) is 1. The summed E-state index contributed by atoms with van der Waals surface area (Å²) in [6, 6.07) is 4.59. The molecule has 0 aromatic heterocycles. The Kier molecular flexibility index (Phi) is 4.29. The zero-order valence-electron chi connectivity index (χ0n) is 12.6. The van der Waals surface area contributed by atoms with Crippen LogP contribution in [0.25, 0.3) is 0 Å². The third-order valence-corrected chi connectivity index (χ3v) is 4.25. The third kappa shape index (κ3) is 3.16. The van der Waals surface area contributed by atoms with E-state index in [4.69, 9.17) is 10.5 Å². The Bertz CT molecular complexity index is 447. The highest BCUT2D eigenvalue weighted by molar-refractivity contribution is 5.36. The minimum atomic E-state index is 0.183. The van der Waals surface area contributed by atoms with Gasteiger partial charge in [0.25, 0.3) is 0 Å². The number of hydrogen-bond acceptors (Lipinski definition) is 3. The predicted molar refractivity (Wildman–Crippen MR) is 79.3 cm³/mol. The highest BCUT2D eigenvalue weighted by atomic mass is 16.5. The molecule has 1 aliphatic heterocycles. The second-order valence-corrected chi connectivity index (χ2v) is 6.23. The summed E-state index contributed by atoms with van der Waals surface area (Å²) in [6.07, 6.45) is 0. The lowest BCUT2D eigenvalue weighted by atomic mass is 9.85. The Labute approximate surface area is 116 Å². The van der Waals surface area contributed by atoms with Crippen LogP contribution in [0.1, 0.15) is 22.3 Å². The standard InChI is InChI=1S/C16H26N2O/c1-12-5-14(3)15(6-13(12)2)7-18(4)9-16(8-17)10-19-11-16/h5-6H,7-11,17H2,1-4H3. The van der Waals surface area contributed by atoms with Crippen LogP contribution >= 0.6 is 0 Å². The molecule has 1 heterocycles. The summed E-state index contributed by atoms with van der Waals surface area (Å²) < 4.78 is 5.33. The fourth-order valence-corrected chi connectivity index (χ4v) is 2.77. The van der Waals surface area contributed by atoms with Crippen molar-refractivity contribution in [2.75, 3.05) is 33.4 Å². The minimum absolute atomic E-state index is 0.183. The molecular weight excluding hydrogens is 236 g/mol. The highest BCUT2D eigenvalue weighted by Gasteiger charge is 2.38. The zero-order valence-corrected chi connectivity index (χ0v) is 12.6. The molecule has 3 heteroatoms. The first-order valence-corrected chi connectivity index (χ1v) is 6.99. The van der Waals surface area contributed by atoms with Gasteiger partial charge in [-0.2, -0.15) is 0 Å². The summed E-state index contributed by atoms with van der Waals surface area (Å²) in [5.74, 6) is 0. The molecule has 0 unspecified atom stereocenters. The van der Waals surface area contributed by atoms with Gasteiger partial charge in [0.2, 0.25) is 0 Å². The van der Waals surface area contributed by atoms with Crippen LogP contribution in [-0.4, -0.2) is 38.3 Å². The average Bonchev–Trinajstić information content (AvgIpc) is 2.31. The van der Waals surface area contributed by atoms with Gasteiger partial charge in [0.1, 0.15) is 0 Å². The molecule has 0 amide bonds. The third-order valence-electron chi connectivity index (χ3n) is 4.25. The molecule has 19 heavy (non-hydrogen) atoms. The molecule has 1 fully saturated rings. The van der Waals surface area contributed by atoms with E-state index in [-0.39, 0.29) is 5.41 Å². The number of benzene rings is 1. The summed E-state index contributed by atoms with van der Waals surface area (Å²) in [5.41, 5.74) is 11.6. The van der Waals surface area contributed by atoms with Crippen molar-refractivity contribution in [2.24, 2.45) is 11.1 Å². The molecule has 0 saturated carbocycles. The Hall–Kier alpha value is -0.900. The van der Waals surface area contributed by atoms with E-state index in [9.17, 15) is 0 Å². The number of aryl methyl sites for hydroxylation is 3. The van der Waals surface area contributed by atoms with Crippen LogP contribution < -0.4 is 5.73 Å².